The molecule has 2 aliphatic heterocycles. The highest BCUT2D eigenvalue weighted by Gasteiger charge is 2.29. The SMILES string of the molecule is NCC(C1CCOCC1)N1CCCC1. The molecular weight excluding hydrogens is 176 g/mol. The highest BCUT2D eigenvalue weighted by molar-refractivity contribution is 4.84. The molecule has 2 fully saturated rings. The summed E-state index contributed by atoms with van der Waals surface area (Å²) in [5.41, 5.74) is 5.90. The monoisotopic (exact) mass is 198 g/mol. The lowest BCUT2D eigenvalue weighted by Gasteiger charge is -2.35. The molecule has 2 aliphatic rings. The average Bonchev–Trinajstić information content (AvgIpc) is 2.74. The fraction of sp³-hybridized carbons (Fsp3) is 1.00. The summed E-state index contributed by atoms with van der Waals surface area (Å²) in [7, 11) is 0. The number of rotatable bonds is 3. The van der Waals surface area contributed by atoms with Crippen LogP contribution in [0.1, 0.15) is 25.7 Å². The van der Waals surface area contributed by atoms with Gasteiger partial charge >= 0.3 is 0 Å². The van der Waals surface area contributed by atoms with Gasteiger partial charge in [0, 0.05) is 25.8 Å². The largest absolute Gasteiger partial charge is 0.381 e. The fourth-order valence-electron chi connectivity index (χ4n) is 2.81. The van der Waals surface area contributed by atoms with Gasteiger partial charge in [-0.2, -0.15) is 0 Å². The Kier molecular flexibility index (Phi) is 3.79. The smallest absolute Gasteiger partial charge is 0.0469 e. The molecule has 0 bridgehead atoms. The molecule has 0 aromatic carbocycles. The van der Waals surface area contributed by atoms with Crippen LogP contribution in [0.5, 0.6) is 0 Å². The lowest BCUT2D eigenvalue weighted by atomic mass is 9.91. The molecule has 3 nitrogen and oxygen atoms in total. The highest BCUT2D eigenvalue weighted by atomic mass is 16.5. The van der Waals surface area contributed by atoms with Crippen molar-refractivity contribution in [2.45, 2.75) is 31.7 Å². The van der Waals surface area contributed by atoms with E-state index in [2.05, 4.69) is 4.90 Å². The van der Waals surface area contributed by atoms with Crippen LogP contribution in [-0.4, -0.2) is 43.8 Å². The first kappa shape index (κ1) is 10.4. The Balaban J connectivity index is 1.89. The zero-order valence-electron chi connectivity index (χ0n) is 8.95. The molecule has 0 aliphatic carbocycles. The molecule has 1 atom stereocenters. The second-order valence-electron chi connectivity index (χ2n) is 4.50. The fourth-order valence-corrected chi connectivity index (χ4v) is 2.81. The topological polar surface area (TPSA) is 38.5 Å². The van der Waals surface area contributed by atoms with Crippen molar-refractivity contribution < 1.29 is 4.74 Å². The van der Waals surface area contributed by atoms with E-state index in [4.69, 9.17) is 10.5 Å². The Labute approximate surface area is 86.6 Å². The van der Waals surface area contributed by atoms with Crippen molar-refractivity contribution in [3.05, 3.63) is 0 Å². The molecule has 0 radical (unpaired) electrons. The van der Waals surface area contributed by atoms with Crippen molar-refractivity contribution in [3.8, 4) is 0 Å². The maximum Gasteiger partial charge on any atom is 0.0469 e. The Morgan fingerprint density at radius 1 is 1.21 bits per heavy atom. The van der Waals surface area contributed by atoms with Gasteiger partial charge in [0.25, 0.3) is 0 Å². The number of likely N-dealkylation sites (tertiary alicyclic amines) is 1. The summed E-state index contributed by atoms with van der Waals surface area (Å²) in [6, 6.07) is 0.626. The van der Waals surface area contributed by atoms with Gasteiger partial charge in [0.1, 0.15) is 0 Å². The van der Waals surface area contributed by atoms with Crippen molar-refractivity contribution in [1.82, 2.24) is 4.90 Å². The van der Waals surface area contributed by atoms with Crippen molar-refractivity contribution in [1.29, 1.82) is 0 Å². The van der Waals surface area contributed by atoms with Crippen molar-refractivity contribution in [2.75, 3.05) is 32.8 Å². The second-order valence-corrected chi connectivity index (χ2v) is 4.50. The summed E-state index contributed by atoms with van der Waals surface area (Å²) in [6.07, 6.45) is 5.14. The van der Waals surface area contributed by atoms with E-state index in [0.717, 1.165) is 25.7 Å². The van der Waals surface area contributed by atoms with Gasteiger partial charge in [-0.1, -0.05) is 0 Å². The molecule has 1 unspecified atom stereocenters. The summed E-state index contributed by atoms with van der Waals surface area (Å²) in [5, 5.41) is 0. The second kappa shape index (κ2) is 5.10. The molecule has 2 saturated heterocycles. The van der Waals surface area contributed by atoms with E-state index in [0.29, 0.717) is 6.04 Å². The summed E-state index contributed by atoms with van der Waals surface area (Å²) < 4.78 is 5.40. The molecule has 0 amide bonds. The van der Waals surface area contributed by atoms with E-state index in [1.54, 1.807) is 0 Å². The molecule has 3 heteroatoms. The highest BCUT2D eigenvalue weighted by Crippen LogP contribution is 2.24. The predicted molar refractivity (Wildman–Crippen MR) is 57.2 cm³/mol. The van der Waals surface area contributed by atoms with Crippen LogP contribution in [0.3, 0.4) is 0 Å². The van der Waals surface area contributed by atoms with Crippen molar-refractivity contribution in [3.63, 3.8) is 0 Å². The minimum Gasteiger partial charge on any atom is -0.381 e. The van der Waals surface area contributed by atoms with Crippen LogP contribution in [-0.2, 0) is 4.74 Å². The molecule has 2 N–H and O–H groups in total. The third-order valence-corrected chi connectivity index (χ3v) is 3.66. The molecular formula is C11H22N2O. The van der Waals surface area contributed by atoms with Crippen LogP contribution >= 0.6 is 0 Å². The first-order chi connectivity index (χ1) is 6.92. The predicted octanol–water partition coefficient (Wildman–Crippen LogP) is 0.836. The Bertz CT molecular complexity index is 163. The molecule has 2 rings (SSSR count). The van der Waals surface area contributed by atoms with Crippen LogP contribution in [0, 0.1) is 5.92 Å². The number of ether oxygens (including phenoxy) is 1. The van der Waals surface area contributed by atoms with E-state index < -0.39 is 0 Å². The van der Waals surface area contributed by atoms with Crippen molar-refractivity contribution >= 4 is 0 Å². The Morgan fingerprint density at radius 2 is 1.86 bits per heavy atom. The zero-order valence-corrected chi connectivity index (χ0v) is 8.95. The van der Waals surface area contributed by atoms with Crippen LogP contribution in [0.25, 0.3) is 0 Å². The summed E-state index contributed by atoms with van der Waals surface area (Å²) in [5.74, 6) is 0.784. The van der Waals surface area contributed by atoms with E-state index >= 15 is 0 Å². The Hall–Kier alpha value is -0.120. The van der Waals surface area contributed by atoms with Gasteiger partial charge in [-0.05, 0) is 44.7 Å². The minimum absolute atomic E-state index is 0.626. The van der Waals surface area contributed by atoms with Gasteiger partial charge in [0.05, 0.1) is 0 Å². The first-order valence-electron chi connectivity index (χ1n) is 5.93. The lowest BCUT2D eigenvalue weighted by molar-refractivity contribution is 0.0332. The van der Waals surface area contributed by atoms with E-state index in [1.807, 2.05) is 0 Å². The minimum atomic E-state index is 0.626. The molecule has 0 aromatic heterocycles. The zero-order chi connectivity index (χ0) is 9.80. The summed E-state index contributed by atoms with van der Waals surface area (Å²) in [4.78, 5) is 2.59. The molecule has 0 spiro atoms. The van der Waals surface area contributed by atoms with E-state index in [1.165, 1.54) is 38.8 Å². The number of nitrogens with two attached hydrogens (primary N) is 1. The average molecular weight is 198 g/mol. The third-order valence-electron chi connectivity index (χ3n) is 3.66. The van der Waals surface area contributed by atoms with Gasteiger partial charge in [-0.25, -0.2) is 0 Å². The van der Waals surface area contributed by atoms with Gasteiger partial charge in [0.2, 0.25) is 0 Å². The number of hydrogen-bond donors (Lipinski definition) is 1. The maximum atomic E-state index is 5.90. The van der Waals surface area contributed by atoms with Crippen LogP contribution in [0.4, 0.5) is 0 Å². The van der Waals surface area contributed by atoms with Gasteiger partial charge in [-0.3, -0.25) is 4.90 Å². The molecule has 14 heavy (non-hydrogen) atoms. The van der Waals surface area contributed by atoms with E-state index in [9.17, 15) is 0 Å². The van der Waals surface area contributed by atoms with Crippen molar-refractivity contribution in [2.24, 2.45) is 11.7 Å². The molecule has 0 saturated carbocycles. The normalized spacial score (nSPS) is 28.1. The third kappa shape index (κ3) is 2.27. The molecule has 82 valence electrons. The quantitative estimate of drug-likeness (QED) is 0.730. The standard InChI is InChI=1S/C11H22N2O/c12-9-11(13-5-1-2-6-13)10-3-7-14-8-4-10/h10-11H,1-9,12H2. The number of hydrogen-bond acceptors (Lipinski definition) is 3. The Morgan fingerprint density at radius 3 is 2.43 bits per heavy atom. The summed E-state index contributed by atoms with van der Waals surface area (Å²) in [6.45, 7) is 5.23. The lowest BCUT2D eigenvalue weighted by Crippen LogP contribution is -2.45. The molecule has 0 aromatic rings. The molecule has 2 heterocycles. The van der Waals surface area contributed by atoms with Gasteiger partial charge < -0.3 is 10.5 Å². The maximum absolute atomic E-state index is 5.90. The van der Waals surface area contributed by atoms with Crippen LogP contribution in [0.15, 0.2) is 0 Å². The summed E-state index contributed by atoms with van der Waals surface area (Å²) >= 11 is 0. The first-order valence-corrected chi connectivity index (χ1v) is 5.93. The van der Waals surface area contributed by atoms with Crippen LogP contribution in [0.2, 0.25) is 0 Å². The number of nitrogens with zero attached hydrogens (tertiary/aromatic N) is 1. The van der Waals surface area contributed by atoms with Crippen LogP contribution < -0.4 is 5.73 Å². The van der Waals surface area contributed by atoms with Gasteiger partial charge in [0.15, 0.2) is 0 Å². The van der Waals surface area contributed by atoms with E-state index in [-0.39, 0.29) is 0 Å². The van der Waals surface area contributed by atoms with Gasteiger partial charge in [-0.15, -0.1) is 0 Å².